The molecule has 3 aliphatic rings. The Kier molecular flexibility index (Phi) is 5.00. The van der Waals surface area contributed by atoms with Crippen molar-refractivity contribution in [3.63, 3.8) is 0 Å². The third-order valence-electron chi connectivity index (χ3n) is 6.03. The van der Waals surface area contributed by atoms with E-state index in [2.05, 4.69) is 0 Å². The summed E-state index contributed by atoms with van der Waals surface area (Å²) in [6.07, 6.45) is -0.756. The Labute approximate surface area is 157 Å². The first-order valence-electron chi connectivity index (χ1n) is 8.90. The van der Waals surface area contributed by atoms with Gasteiger partial charge in [0.2, 0.25) is 0 Å². The van der Waals surface area contributed by atoms with Crippen LogP contribution in [0.3, 0.4) is 0 Å². The van der Waals surface area contributed by atoms with Gasteiger partial charge in [0.1, 0.15) is 17.5 Å². The van der Waals surface area contributed by atoms with Gasteiger partial charge >= 0.3 is 17.9 Å². The lowest BCUT2D eigenvalue weighted by atomic mass is 9.84. The van der Waals surface area contributed by atoms with Gasteiger partial charge < -0.3 is 14.2 Å². The van der Waals surface area contributed by atoms with Crippen LogP contribution in [0.4, 0.5) is 0 Å². The first-order valence-corrected chi connectivity index (χ1v) is 10.4. The Hall–Kier alpha value is -1.68. The summed E-state index contributed by atoms with van der Waals surface area (Å²) in [4.78, 5) is 36.2. The zero-order chi connectivity index (χ0) is 20.1. The summed E-state index contributed by atoms with van der Waals surface area (Å²) in [6.45, 7) is 4.65. The summed E-state index contributed by atoms with van der Waals surface area (Å²) < 4.78 is 44.8. The van der Waals surface area contributed by atoms with Crippen molar-refractivity contribution >= 4 is 28.0 Å². The number of fused-ring (bicyclic) bond motifs is 1. The monoisotopic (exact) mass is 404 g/mol. The number of carbonyl (C=O) groups excluding carboxylic acids is 3. The zero-order valence-corrected chi connectivity index (χ0v) is 16.5. The fraction of sp³-hybridized carbons (Fsp3) is 0.824. The van der Waals surface area contributed by atoms with E-state index < -0.39 is 75.3 Å². The summed E-state index contributed by atoms with van der Waals surface area (Å²) in [5.74, 6) is -3.83. The van der Waals surface area contributed by atoms with Gasteiger partial charge in [-0.1, -0.05) is 6.92 Å². The lowest BCUT2D eigenvalue weighted by molar-refractivity contribution is -0.173. The molecule has 1 aliphatic heterocycles. The minimum absolute atomic E-state index is 0.398. The molecule has 27 heavy (non-hydrogen) atoms. The van der Waals surface area contributed by atoms with E-state index in [1.54, 1.807) is 13.8 Å². The smallest absolute Gasteiger partial charge is 0.344 e. The molecule has 0 aromatic heterocycles. The van der Waals surface area contributed by atoms with E-state index >= 15 is 0 Å². The van der Waals surface area contributed by atoms with Crippen LogP contribution in [0.5, 0.6) is 0 Å². The highest BCUT2D eigenvalue weighted by Gasteiger charge is 2.72. The van der Waals surface area contributed by atoms with Gasteiger partial charge in [-0.15, -0.1) is 0 Å². The predicted molar refractivity (Wildman–Crippen MR) is 89.6 cm³/mol. The second kappa shape index (κ2) is 6.73. The SMILES string of the molecule is CCC(C)(C)C(=O)OCC(=O)OC1C2CC3C1OS(=O)(=O)C3C2C(=O)OC. The highest BCUT2D eigenvalue weighted by Crippen LogP contribution is 2.58. The maximum absolute atomic E-state index is 12.3. The van der Waals surface area contributed by atoms with Gasteiger partial charge in [0.05, 0.1) is 18.4 Å². The lowest BCUT2D eigenvalue weighted by Gasteiger charge is -2.29. The van der Waals surface area contributed by atoms with Crippen LogP contribution >= 0.6 is 0 Å². The molecule has 0 spiro atoms. The fourth-order valence-corrected chi connectivity index (χ4v) is 6.30. The number of rotatable bonds is 6. The van der Waals surface area contributed by atoms with Crippen molar-refractivity contribution in [2.45, 2.75) is 51.1 Å². The second-order valence-electron chi connectivity index (χ2n) is 7.90. The van der Waals surface area contributed by atoms with E-state index in [0.29, 0.717) is 12.8 Å². The quantitative estimate of drug-likeness (QED) is 0.352. The van der Waals surface area contributed by atoms with E-state index in [1.807, 2.05) is 6.92 Å². The molecule has 1 heterocycles. The molecule has 10 heteroatoms. The number of methoxy groups -OCH3 is 1. The largest absolute Gasteiger partial charge is 0.469 e. The number of esters is 3. The van der Waals surface area contributed by atoms with E-state index in [-0.39, 0.29) is 0 Å². The average Bonchev–Trinajstić information content (AvgIpc) is 3.21. The van der Waals surface area contributed by atoms with Crippen LogP contribution in [0.2, 0.25) is 0 Å². The Morgan fingerprint density at radius 1 is 1.19 bits per heavy atom. The van der Waals surface area contributed by atoms with Gasteiger partial charge in [-0.3, -0.25) is 13.8 Å². The highest BCUT2D eigenvalue weighted by atomic mass is 32.2. The van der Waals surface area contributed by atoms with Crippen LogP contribution in [-0.4, -0.2) is 57.5 Å². The molecule has 3 rings (SSSR count). The zero-order valence-electron chi connectivity index (χ0n) is 15.7. The van der Waals surface area contributed by atoms with Crippen molar-refractivity contribution < 1.29 is 41.2 Å². The maximum Gasteiger partial charge on any atom is 0.344 e. The molecule has 0 amide bonds. The molecule has 1 saturated heterocycles. The summed E-state index contributed by atoms with van der Waals surface area (Å²) in [5, 5.41) is -0.960. The molecule has 2 saturated carbocycles. The minimum atomic E-state index is -3.93. The first kappa shape index (κ1) is 20.1. The number of hydrogen-bond donors (Lipinski definition) is 0. The van der Waals surface area contributed by atoms with E-state index in [4.69, 9.17) is 18.4 Å². The van der Waals surface area contributed by atoms with Crippen LogP contribution in [0.15, 0.2) is 0 Å². The highest BCUT2D eigenvalue weighted by molar-refractivity contribution is 7.87. The molecule has 0 aromatic carbocycles. The van der Waals surface area contributed by atoms with Crippen molar-refractivity contribution in [2.24, 2.45) is 23.2 Å². The standard InChI is InChI=1S/C17H24O9S/c1-5-17(2,3)16(20)24-7-10(18)25-12-8-6-9-13(12)26-27(21,22)14(9)11(8)15(19)23-4/h8-9,11-14H,5-7H2,1-4H3. The van der Waals surface area contributed by atoms with Crippen LogP contribution in [0.25, 0.3) is 0 Å². The number of ether oxygens (including phenoxy) is 3. The van der Waals surface area contributed by atoms with Crippen molar-refractivity contribution in [3.05, 3.63) is 0 Å². The maximum atomic E-state index is 12.3. The third-order valence-corrected chi connectivity index (χ3v) is 7.83. The van der Waals surface area contributed by atoms with Crippen LogP contribution in [-0.2, 0) is 42.9 Å². The predicted octanol–water partition coefficient (Wildman–Crippen LogP) is 0.414. The van der Waals surface area contributed by atoms with Gasteiger partial charge in [-0.2, -0.15) is 8.42 Å². The van der Waals surface area contributed by atoms with E-state index in [9.17, 15) is 22.8 Å². The lowest BCUT2D eigenvalue weighted by Crippen LogP contribution is -2.46. The van der Waals surface area contributed by atoms with Gasteiger partial charge in [0.25, 0.3) is 10.1 Å². The second-order valence-corrected chi connectivity index (χ2v) is 9.62. The molecule has 0 aromatic rings. The average molecular weight is 404 g/mol. The molecule has 152 valence electrons. The molecule has 6 unspecified atom stereocenters. The van der Waals surface area contributed by atoms with Crippen LogP contribution in [0, 0.1) is 23.2 Å². The first-order chi connectivity index (χ1) is 12.5. The molecular formula is C17H24O9S. The molecule has 2 bridgehead atoms. The van der Waals surface area contributed by atoms with Crippen molar-refractivity contribution in [1.29, 1.82) is 0 Å². The Balaban J connectivity index is 1.69. The van der Waals surface area contributed by atoms with Crippen molar-refractivity contribution in [3.8, 4) is 0 Å². The summed E-state index contributed by atoms with van der Waals surface area (Å²) in [7, 11) is -2.75. The Morgan fingerprint density at radius 3 is 2.44 bits per heavy atom. The van der Waals surface area contributed by atoms with Crippen molar-refractivity contribution in [1.82, 2.24) is 0 Å². The molecule has 0 radical (unpaired) electrons. The topological polar surface area (TPSA) is 122 Å². The Bertz CT molecular complexity index is 756. The molecule has 2 aliphatic carbocycles. The molecular weight excluding hydrogens is 380 g/mol. The van der Waals surface area contributed by atoms with Gasteiger partial charge in [0.15, 0.2) is 6.61 Å². The molecule has 6 atom stereocenters. The van der Waals surface area contributed by atoms with Crippen LogP contribution < -0.4 is 0 Å². The number of carbonyl (C=O) groups is 3. The molecule has 9 nitrogen and oxygen atoms in total. The van der Waals surface area contributed by atoms with Gasteiger partial charge in [-0.25, -0.2) is 4.79 Å². The minimum Gasteiger partial charge on any atom is -0.469 e. The summed E-state index contributed by atoms with van der Waals surface area (Å²) in [5.41, 5.74) is -0.724. The normalized spacial score (nSPS) is 35.7. The number of hydrogen-bond acceptors (Lipinski definition) is 9. The molecule has 0 N–H and O–H groups in total. The Morgan fingerprint density at radius 2 is 1.85 bits per heavy atom. The van der Waals surface area contributed by atoms with E-state index in [1.165, 1.54) is 7.11 Å². The van der Waals surface area contributed by atoms with Gasteiger partial charge in [0, 0.05) is 11.8 Å². The fourth-order valence-electron chi connectivity index (χ4n) is 4.24. The third kappa shape index (κ3) is 3.22. The summed E-state index contributed by atoms with van der Waals surface area (Å²) >= 11 is 0. The van der Waals surface area contributed by atoms with Crippen LogP contribution in [0.1, 0.15) is 33.6 Å². The summed E-state index contributed by atoms with van der Waals surface area (Å²) in [6, 6.07) is 0. The van der Waals surface area contributed by atoms with Crippen molar-refractivity contribution in [2.75, 3.05) is 13.7 Å². The van der Waals surface area contributed by atoms with Gasteiger partial charge in [-0.05, 0) is 26.7 Å². The van der Waals surface area contributed by atoms with E-state index in [0.717, 1.165) is 0 Å². The molecule has 3 fully saturated rings.